The van der Waals surface area contributed by atoms with Crippen LogP contribution in [0.15, 0.2) is 17.5 Å². The number of hydrogen-bond donors (Lipinski definition) is 1. The average molecular weight is 278 g/mol. The number of methoxy groups -OCH3 is 1. The maximum atomic E-state index is 11.6. The molecule has 1 unspecified atom stereocenters. The molecule has 0 radical (unpaired) electrons. The molecule has 0 aromatic carbocycles. The van der Waals surface area contributed by atoms with Crippen LogP contribution in [0.2, 0.25) is 0 Å². The molecule has 1 aromatic heterocycles. The fourth-order valence-corrected chi connectivity index (χ4v) is 1.97. The van der Waals surface area contributed by atoms with E-state index in [0.29, 0.717) is 11.9 Å². The van der Waals surface area contributed by atoms with Gasteiger partial charge in [-0.3, -0.25) is 4.79 Å². The van der Waals surface area contributed by atoms with E-state index >= 15 is 0 Å². The van der Waals surface area contributed by atoms with Crippen LogP contribution < -0.4 is 5.32 Å². The van der Waals surface area contributed by atoms with Gasteiger partial charge < -0.3 is 10.1 Å². The summed E-state index contributed by atoms with van der Waals surface area (Å²) in [7, 11) is 1.62. The molecule has 0 aliphatic carbocycles. The summed E-state index contributed by atoms with van der Waals surface area (Å²) in [6, 6.07) is 3.69. The molecule has 0 bridgehead atoms. The molecule has 0 saturated heterocycles. The Labute approximate surface area is 95.6 Å². The van der Waals surface area contributed by atoms with Gasteiger partial charge in [-0.2, -0.15) is 0 Å². The summed E-state index contributed by atoms with van der Waals surface area (Å²) in [4.78, 5) is 12.3. The van der Waals surface area contributed by atoms with Gasteiger partial charge in [-0.25, -0.2) is 0 Å². The standard InChI is InChI=1S/C9H12BrNO2S/c1-13-6-7(5-10)11-9(12)8-3-2-4-14-8/h2-4,7H,5-6H2,1H3,(H,11,12). The minimum absolute atomic E-state index is 0.0228. The number of alkyl halides is 1. The SMILES string of the molecule is COCC(CBr)NC(=O)c1cccs1. The van der Waals surface area contributed by atoms with Crippen LogP contribution in [0.3, 0.4) is 0 Å². The molecule has 78 valence electrons. The molecular weight excluding hydrogens is 266 g/mol. The number of ether oxygens (including phenoxy) is 1. The second kappa shape index (κ2) is 6.16. The number of thiophene rings is 1. The molecule has 0 aliphatic rings. The third-order valence-corrected chi connectivity index (χ3v) is 3.28. The topological polar surface area (TPSA) is 38.3 Å². The predicted octanol–water partition coefficient (Wildman–Crippen LogP) is 1.89. The molecule has 3 nitrogen and oxygen atoms in total. The van der Waals surface area contributed by atoms with E-state index in [9.17, 15) is 4.79 Å². The molecule has 0 fully saturated rings. The lowest BCUT2D eigenvalue weighted by atomic mass is 10.3. The monoisotopic (exact) mass is 277 g/mol. The van der Waals surface area contributed by atoms with Crippen molar-refractivity contribution in [3.05, 3.63) is 22.4 Å². The van der Waals surface area contributed by atoms with Crippen molar-refractivity contribution in [3.8, 4) is 0 Å². The molecule has 1 aromatic rings. The van der Waals surface area contributed by atoms with E-state index in [0.717, 1.165) is 4.88 Å². The van der Waals surface area contributed by atoms with Gasteiger partial charge in [-0.1, -0.05) is 22.0 Å². The first-order valence-electron chi connectivity index (χ1n) is 4.17. The number of rotatable bonds is 5. The highest BCUT2D eigenvalue weighted by atomic mass is 79.9. The van der Waals surface area contributed by atoms with Crippen LogP contribution in [-0.4, -0.2) is 31.0 Å². The quantitative estimate of drug-likeness (QED) is 0.835. The summed E-state index contributed by atoms with van der Waals surface area (Å²) in [5.74, 6) is -0.0403. The average Bonchev–Trinajstić information content (AvgIpc) is 2.69. The zero-order valence-corrected chi connectivity index (χ0v) is 10.2. The molecule has 5 heteroatoms. The molecule has 1 atom stereocenters. The van der Waals surface area contributed by atoms with E-state index in [2.05, 4.69) is 21.2 Å². The Hall–Kier alpha value is -0.390. The highest BCUT2D eigenvalue weighted by molar-refractivity contribution is 9.09. The summed E-state index contributed by atoms with van der Waals surface area (Å²) in [5, 5.41) is 5.45. The third kappa shape index (κ3) is 3.40. The smallest absolute Gasteiger partial charge is 0.261 e. The van der Waals surface area contributed by atoms with Crippen molar-refractivity contribution in [1.82, 2.24) is 5.32 Å². The number of hydrogen-bond acceptors (Lipinski definition) is 3. The Balaban J connectivity index is 2.47. The molecule has 0 spiro atoms. The summed E-state index contributed by atoms with van der Waals surface area (Å²) in [6.07, 6.45) is 0. The molecule has 1 rings (SSSR count). The summed E-state index contributed by atoms with van der Waals surface area (Å²) in [5.41, 5.74) is 0. The largest absolute Gasteiger partial charge is 0.383 e. The van der Waals surface area contributed by atoms with Crippen molar-refractivity contribution >= 4 is 33.2 Å². The molecule has 14 heavy (non-hydrogen) atoms. The first-order valence-corrected chi connectivity index (χ1v) is 6.17. The Morgan fingerprint density at radius 1 is 1.79 bits per heavy atom. The molecular formula is C9H12BrNO2S. The van der Waals surface area contributed by atoms with Gasteiger partial charge in [0.05, 0.1) is 17.5 Å². The lowest BCUT2D eigenvalue weighted by Crippen LogP contribution is -2.38. The second-order valence-electron chi connectivity index (χ2n) is 2.76. The van der Waals surface area contributed by atoms with Crippen LogP contribution in [-0.2, 0) is 4.74 Å². The highest BCUT2D eigenvalue weighted by Gasteiger charge is 2.12. The van der Waals surface area contributed by atoms with Crippen LogP contribution in [0.4, 0.5) is 0 Å². The van der Waals surface area contributed by atoms with Gasteiger partial charge in [-0.05, 0) is 11.4 Å². The lowest BCUT2D eigenvalue weighted by Gasteiger charge is -2.14. The van der Waals surface area contributed by atoms with Gasteiger partial charge in [0.2, 0.25) is 0 Å². The Kier molecular flexibility index (Phi) is 5.14. The molecule has 1 heterocycles. The maximum Gasteiger partial charge on any atom is 0.261 e. The van der Waals surface area contributed by atoms with E-state index in [1.165, 1.54) is 11.3 Å². The van der Waals surface area contributed by atoms with Crippen LogP contribution in [0.5, 0.6) is 0 Å². The number of halogens is 1. The van der Waals surface area contributed by atoms with Crippen molar-refractivity contribution in [1.29, 1.82) is 0 Å². The van der Waals surface area contributed by atoms with Crippen molar-refractivity contribution in [3.63, 3.8) is 0 Å². The van der Waals surface area contributed by atoms with Crippen LogP contribution in [0.25, 0.3) is 0 Å². The molecule has 1 amide bonds. The first-order chi connectivity index (χ1) is 6.77. The summed E-state index contributed by atoms with van der Waals surface area (Å²) >= 11 is 4.75. The maximum absolute atomic E-state index is 11.6. The van der Waals surface area contributed by atoms with Crippen molar-refractivity contribution in [2.75, 3.05) is 19.0 Å². The number of nitrogens with one attached hydrogen (secondary N) is 1. The minimum atomic E-state index is -0.0403. The number of carbonyl (C=O) groups excluding carboxylic acids is 1. The molecule has 1 N–H and O–H groups in total. The molecule has 0 saturated carbocycles. The first kappa shape index (κ1) is 11.7. The van der Waals surface area contributed by atoms with Gasteiger partial charge in [0.25, 0.3) is 5.91 Å². The number of carbonyl (C=O) groups is 1. The zero-order chi connectivity index (χ0) is 10.4. The number of amides is 1. The lowest BCUT2D eigenvalue weighted by molar-refractivity contribution is 0.0912. The van der Waals surface area contributed by atoms with E-state index in [1.807, 2.05) is 11.4 Å². The van der Waals surface area contributed by atoms with E-state index in [4.69, 9.17) is 4.74 Å². The third-order valence-electron chi connectivity index (χ3n) is 1.63. The van der Waals surface area contributed by atoms with Crippen LogP contribution in [0, 0.1) is 0 Å². The van der Waals surface area contributed by atoms with E-state index < -0.39 is 0 Å². The van der Waals surface area contributed by atoms with Gasteiger partial charge >= 0.3 is 0 Å². The van der Waals surface area contributed by atoms with Gasteiger partial charge in [0.15, 0.2) is 0 Å². The van der Waals surface area contributed by atoms with Crippen molar-refractivity contribution in [2.45, 2.75) is 6.04 Å². The Bertz CT molecular complexity index is 276. The van der Waals surface area contributed by atoms with Gasteiger partial charge in [0, 0.05) is 12.4 Å². The van der Waals surface area contributed by atoms with E-state index in [-0.39, 0.29) is 11.9 Å². The second-order valence-corrected chi connectivity index (χ2v) is 4.35. The Morgan fingerprint density at radius 2 is 2.57 bits per heavy atom. The highest BCUT2D eigenvalue weighted by Crippen LogP contribution is 2.08. The Morgan fingerprint density at radius 3 is 3.07 bits per heavy atom. The fraction of sp³-hybridized carbons (Fsp3) is 0.444. The predicted molar refractivity (Wildman–Crippen MR) is 61.2 cm³/mol. The summed E-state index contributed by atoms with van der Waals surface area (Å²) < 4.78 is 4.97. The van der Waals surface area contributed by atoms with Gasteiger partial charge in [-0.15, -0.1) is 11.3 Å². The van der Waals surface area contributed by atoms with Crippen LogP contribution >= 0.6 is 27.3 Å². The van der Waals surface area contributed by atoms with Crippen LogP contribution in [0.1, 0.15) is 9.67 Å². The van der Waals surface area contributed by atoms with Crippen molar-refractivity contribution < 1.29 is 9.53 Å². The molecule has 0 aliphatic heterocycles. The van der Waals surface area contributed by atoms with Gasteiger partial charge in [0.1, 0.15) is 0 Å². The van der Waals surface area contributed by atoms with E-state index in [1.54, 1.807) is 13.2 Å². The summed E-state index contributed by atoms with van der Waals surface area (Å²) in [6.45, 7) is 0.516. The normalized spacial score (nSPS) is 12.4. The minimum Gasteiger partial charge on any atom is -0.383 e. The zero-order valence-electron chi connectivity index (χ0n) is 7.83. The fourth-order valence-electron chi connectivity index (χ4n) is 0.990. The van der Waals surface area contributed by atoms with Crippen molar-refractivity contribution in [2.24, 2.45) is 0 Å².